The van der Waals surface area contributed by atoms with E-state index in [-0.39, 0.29) is 5.69 Å². The lowest BCUT2D eigenvalue weighted by Crippen LogP contribution is -2.07. The van der Waals surface area contributed by atoms with Crippen molar-refractivity contribution in [2.45, 2.75) is 6.92 Å². The van der Waals surface area contributed by atoms with Gasteiger partial charge in [0.05, 0.1) is 16.9 Å². The Morgan fingerprint density at radius 1 is 1.53 bits per heavy atom. The van der Waals surface area contributed by atoms with E-state index in [2.05, 4.69) is 4.98 Å². The molecule has 0 unspecified atom stereocenters. The molecule has 6 heteroatoms. The van der Waals surface area contributed by atoms with E-state index in [1.165, 1.54) is 0 Å². The molecule has 1 aromatic carbocycles. The number of nitrogen functional groups attached to an aromatic ring is 1. The first kappa shape index (κ1) is 11.1. The highest BCUT2D eigenvalue weighted by molar-refractivity contribution is 5.90. The lowest BCUT2D eigenvalue weighted by Gasteiger charge is -2.10. The number of carboxylic acids is 1. The van der Waals surface area contributed by atoms with Crippen LogP contribution in [0.3, 0.4) is 0 Å². The third-order valence-electron chi connectivity index (χ3n) is 2.43. The standard InChI is InChI=1S/C11H10FN3O2/c1-6-14-2-3-15(6)10-5-8(12)7(11(16)17)4-9(10)13/h2-5H,13H2,1H3,(H,16,17). The molecular weight excluding hydrogens is 225 g/mol. The maximum atomic E-state index is 13.5. The number of rotatable bonds is 2. The summed E-state index contributed by atoms with van der Waals surface area (Å²) in [7, 11) is 0. The Morgan fingerprint density at radius 2 is 2.24 bits per heavy atom. The number of anilines is 1. The van der Waals surface area contributed by atoms with Gasteiger partial charge in [0.1, 0.15) is 11.6 Å². The Labute approximate surface area is 96.3 Å². The monoisotopic (exact) mass is 235 g/mol. The van der Waals surface area contributed by atoms with Crippen LogP contribution in [-0.2, 0) is 0 Å². The number of aromatic nitrogens is 2. The van der Waals surface area contributed by atoms with Crippen molar-refractivity contribution in [3.8, 4) is 5.69 Å². The highest BCUT2D eigenvalue weighted by Crippen LogP contribution is 2.22. The quantitative estimate of drug-likeness (QED) is 0.774. The Morgan fingerprint density at radius 3 is 2.76 bits per heavy atom. The maximum Gasteiger partial charge on any atom is 0.338 e. The van der Waals surface area contributed by atoms with Crippen LogP contribution in [0.2, 0.25) is 0 Å². The molecule has 1 heterocycles. The minimum Gasteiger partial charge on any atom is -0.478 e. The Kier molecular flexibility index (Phi) is 2.55. The van der Waals surface area contributed by atoms with E-state index >= 15 is 0 Å². The van der Waals surface area contributed by atoms with E-state index in [4.69, 9.17) is 10.8 Å². The second kappa shape index (κ2) is 3.89. The predicted molar refractivity (Wildman–Crippen MR) is 59.6 cm³/mol. The molecule has 0 radical (unpaired) electrons. The van der Waals surface area contributed by atoms with Gasteiger partial charge >= 0.3 is 5.97 Å². The van der Waals surface area contributed by atoms with Crippen molar-refractivity contribution in [1.29, 1.82) is 0 Å². The normalized spacial score (nSPS) is 10.5. The molecule has 17 heavy (non-hydrogen) atoms. The molecule has 0 fully saturated rings. The fourth-order valence-corrected chi connectivity index (χ4v) is 1.58. The van der Waals surface area contributed by atoms with E-state index in [0.29, 0.717) is 11.5 Å². The van der Waals surface area contributed by atoms with Gasteiger partial charge in [-0.25, -0.2) is 14.2 Å². The molecule has 0 aliphatic carbocycles. The van der Waals surface area contributed by atoms with E-state index < -0.39 is 17.3 Å². The second-order valence-corrected chi connectivity index (χ2v) is 3.54. The minimum absolute atomic E-state index is 0.185. The molecule has 0 bridgehead atoms. The van der Waals surface area contributed by atoms with Gasteiger partial charge in [-0.15, -0.1) is 0 Å². The first-order valence-electron chi connectivity index (χ1n) is 4.83. The zero-order chi connectivity index (χ0) is 12.6. The van der Waals surface area contributed by atoms with Crippen LogP contribution in [0.15, 0.2) is 24.5 Å². The van der Waals surface area contributed by atoms with Crippen LogP contribution in [0.1, 0.15) is 16.2 Å². The molecule has 88 valence electrons. The number of carbonyl (C=O) groups is 1. The number of nitrogens with two attached hydrogens (primary N) is 1. The van der Waals surface area contributed by atoms with Crippen LogP contribution >= 0.6 is 0 Å². The average molecular weight is 235 g/mol. The predicted octanol–water partition coefficient (Wildman–Crippen LogP) is 1.60. The summed E-state index contributed by atoms with van der Waals surface area (Å²) < 4.78 is 15.1. The third kappa shape index (κ3) is 1.84. The molecule has 2 rings (SSSR count). The summed E-state index contributed by atoms with van der Waals surface area (Å²) >= 11 is 0. The van der Waals surface area contributed by atoms with Gasteiger partial charge in [-0.1, -0.05) is 0 Å². The Bertz CT molecular complexity index is 592. The van der Waals surface area contributed by atoms with Crippen LogP contribution < -0.4 is 5.73 Å². The molecule has 0 saturated heterocycles. The molecule has 0 amide bonds. The zero-order valence-electron chi connectivity index (χ0n) is 9.01. The van der Waals surface area contributed by atoms with E-state index in [1.54, 1.807) is 23.9 Å². The number of aryl methyl sites for hydroxylation is 1. The molecule has 1 aromatic heterocycles. The SMILES string of the molecule is Cc1nccn1-c1cc(F)c(C(=O)O)cc1N. The van der Waals surface area contributed by atoms with E-state index in [1.807, 2.05) is 0 Å². The molecular formula is C11H10FN3O2. The number of carboxylic acid groups (broad SMARTS) is 1. The number of benzene rings is 1. The summed E-state index contributed by atoms with van der Waals surface area (Å²) in [6, 6.07) is 2.19. The number of aromatic carboxylic acids is 1. The van der Waals surface area contributed by atoms with Gasteiger partial charge in [0.25, 0.3) is 0 Å². The molecule has 5 nitrogen and oxygen atoms in total. The topological polar surface area (TPSA) is 81.1 Å². The van der Waals surface area contributed by atoms with Gasteiger partial charge in [-0.3, -0.25) is 0 Å². The van der Waals surface area contributed by atoms with Crippen molar-refractivity contribution in [3.05, 3.63) is 41.7 Å². The number of nitrogens with zero attached hydrogens (tertiary/aromatic N) is 2. The van der Waals surface area contributed by atoms with Crippen molar-refractivity contribution in [2.24, 2.45) is 0 Å². The summed E-state index contributed by atoms with van der Waals surface area (Å²) in [6.07, 6.45) is 3.18. The van der Waals surface area contributed by atoms with E-state index in [0.717, 1.165) is 12.1 Å². The third-order valence-corrected chi connectivity index (χ3v) is 2.43. The van der Waals surface area contributed by atoms with Gasteiger partial charge in [-0.05, 0) is 13.0 Å². The van der Waals surface area contributed by atoms with Crippen LogP contribution in [-0.4, -0.2) is 20.6 Å². The van der Waals surface area contributed by atoms with Crippen molar-refractivity contribution in [2.75, 3.05) is 5.73 Å². The summed E-state index contributed by atoms with van der Waals surface area (Å²) in [5.41, 5.74) is 5.83. The van der Waals surface area contributed by atoms with Crippen LogP contribution in [0.5, 0.6) is 0 Å². The van der Waals surface area contributed by atoms with E-state index in [9.17, 15) is 9.18 Å². The molecule has 0 aliphatic heterocycles. The molecule has 0 atom stereocenters. The number of hydrogen-bond donors (Lipinski definition) is 2. The Balaban J connectivity index is 2.62. The number of halogens is 1. The Hall–Kier alpha value is -2.37. The minimum atomic E-state index is -1.34. The van der Waals surface area contributed by atoms with Gasteiger partial charge in [0, 0.05) is 18.5 Å². The second-order valence-electron chi connectivity index (χ2n) is 3.54. The van der Waals surface area contributed by atoms with Gasteiger partial charge < -0.3 is 15.4 Å². The summed E-state index contributed by atoms with van der Waals surface area (Å²) in [4.78, 5) is 14.7. The first-order valence-corrected chi connectivity index (χ1v) is 4.83. The molecule has 2 aromatic rings. The fraction of sp³-hybridized carbons (Fsp3) is 0.0909. The summed E-state index contributed by atoms with van der Waals surface area (Å²) in [5.74, 6) is -1.53. The van der Waals surface area contributed by atoms with Crippen LogP contribution in [0.4, 0.5) is 10.1 Å². The summed E-state index contributed by atoms with van der Waals surface area (Å²) in [5, 5.41) is 8.75. The van der Waals surface area contributed by atoms with Crippen molar-refractivity contribution < 1.29 is 14.3 Å². The fourth-order valence-electron chi connectivity index (χ4n) is 1.58. The van der Waals surface area contributed by atoms with Crippen molar-refractivity contribution in [3.63, 3.8) is 0 Å². The lowest BCUT2D eigenvalue weighted by atomic mass is 10.1. The van der Waals surface area contributed by atoms with Crippen molar-refractivity contribution in [1.82, 2.24) is 9.55 Å². The maximum absolute atomic E-state index is 13.5. The van der Waals surface area contributed by atoms with Gasteiger partial charge in [0.15, 0.2) is 0 Å². The zero-order valence-corrected chi connectivity index (χ0v) is 9.01. The van der Waals surface area contributed by atoms with Gasteiger partial charge in [-0.2, -0.15) is 0 Å². The van der Waals surface area contributed by atoms with Crippen molar-refractivity contribution >= 4 is 11.7 Å². The highest BCUT2D eigenvalue weighted by Gasteiger charge is 2.15. The van der Waals surface area contributed by atoms with Gasteiger partial charge in [0.2, 0.25) is 0 Å². The van der Waals surface area contributed by atoms with Crippen LogP contribution in [0.25, 0.3) is 5.69 Å². The lowest BCUT2D eigenvalue weighted by molar-refractivity contribution is 0.0692. The largest absolute Gasteiger partial charge is 0.478 e. The molecule has 3 N–H and O–H groups in total. The highest BCUT2D eigenvalue weighted by atomic mass is 19.1. The number of hydrogen-bond acceptors (Lipinski definition) is 3. The molecule has 0 saturated carbocycles. The van der Waals surface area contributed by atoms with Crippen LogP contribution in [0, 0.1) is 12.7 Å². The molecule has 0 aliphatic rings. The number of imidazole rings is 1. The summed E-state index contributed by atoms with van der Waals surface area (Å²) in [6.45, 7) is 1.74. The molecule has 0 spiro atoms. The average Bonchev–Trinajstić information content (AvgIpc) is 2.67. The first-order chi connectivity index (χ1) is 8.00. The smallest absolute Gasteiger partial charge is 0.338 e.